The maximum Gasteiger partial charge on any atom is 0.303 e. The predicted octanol–water partition coefficient (Wildman–Crippen LogP) is 4.81. The SMILES string of the molecule is O=C(O)CC/C=C\C[C@@H]1CO[C@H](c2cc(F)c(F)c(F)c2)O[C@@H]1c1ccccc1CO. The Morgan fingerprint density at radius 2 is 1.84 bits per heavy atom. The maximum absolute atomic E-state index is 13.7. The number of carboxylic acids is 1. The lowest BCUT2D eigenvalue weighted by Crippen LogP contribution is -2.31. The van der Waals surface area contributed by atoms with Crippen molar-refractivity contribution in [2.75, 3.05) is 6.61 Å². The molecule has 1 aliphatic heterocycles. The van der Waals surface area contributed by atoms with Crippen molar-refractivity contribution in [2.24, 2.45) is 5.92 Å². The summed E-state index contributed by atoms with van der Waals surface area (Å²) in [5.74, 6) is -5.31. The van der Waals surface area contributed by atoms with Crippen LogP contribution in [-0.4, -0.2) is 22.8 Å². The summed E-state index contributed by atoms with van der Waals surface area (Å²) in [5.41, 5.74) is 1.37. The van der Waals surface area contributed by atoms with Gasteiger partial charge in [0.05, 0.1) is 19.3 Å². The molecule has 2 aromatic rings. The molecule has 166 valence electrons. The van der Waals surface area contributed by atoms with Crippen LogP contribution in [0.1, 0.15) is 48.3 Å². The summed E-state index contributed by atoms with van der Waals surface area (Å²) in [6.07, 6.45) is 2.83. The molecular weight excluding hydrogens is 413 g/mol. The molecule has 0 radical (unpaired) electrons. The van der Waals surface area contributed by atoms with Crippen molar-refractivity contribution in [3.8, 4) is 0 Å². The predicted molar refractivity (Wildman–Crippen MR) is 105 cm³/mol. The highest BCUT2D eigenvalue weighted by Crippen LogP contribution is 2.41. The summed E-state index contributed by atoms with van der Waals surface area (Å²) >= 11 is 0. The van der Waals surface area contributed by atoms with Crippen molar-refractivity contribution in [3.63, 3.8) is 0 Å². The number of carbonyl (C=O) groups is 1. The molecule has 2 aromatic carbocycles. The lowest BCUT2D eigenvalue weighted by atomic mass is 9.89. The number of ether oxygens (including phenoxy) is 2. The molecule has 31 heavy (non-hydrogen) atoms. The van der Waals surface area contributed by atoms with Gasteiger partial charge in [0.15, 0.2) is 23.7 Å². The van der Waals surface area contributed by atoms with Crippen LogP contribution in [0.15, 0.2) is 48.6 Å². The number of aliphatic hydroxyl groups excluding tert-OH is 1. The fourth-order valence-corrected chi connectivity index (χ4v) is 3.54. The molecule has 8 heteroatoms. The zero-order chi connectivity index (χ0) is 22.4. The van der Waals surface area contributed by atoms with Crippen LogP contribution in [0.25, 0.3) is 0 Å². The Labute approximate surface area is 177 Å². The van der Waals surface area contributed by atoms with Crippen molar-refractivity contribution >= 4 is 5.97 Å². The molecule has 0 saturated carbocycles. The summed E-state index contributed by atoms with van der Waals surface area (Å²) in [6, 6.07) is 8.79. The number of carboxylic acid groups (broad SMARTS) is 1. The van der Waals surface area contributed by atoms with Crippen molar-refractivity contribution < 1.29 is 37.7 Å². The van der Waals surface area contributed by atoms with E-state index in [2.05, 4.69) is 0 Å². The highest BCUT2D eigenvalue weighted by molar-refractivity contribution is 5.66. The van der Waals surface area contributed by atoms with Gasteiger partial charge in [-0.25, -0.2) is 13.2 Å². The average Bonchev–Trinajstić information content (AvgIpc) is 2.76. The van der Waals surface area contributed by atoms with Gasteiger partial charge in [-0.15, -0.1) is 0 Å². The largest absolute Gasteiger partial charge is 0.481 e. The minimum atomic E-state index is -1.56. The van der Waals surface area contributed by atoms with Gasteiger partial charge in [-0.3, -0.25) is 4.79 Å². The minimum absolute atomic E-state index is 0.0123. The molecule has 2 N–H and O–H groups in total. The van der Waals surface area contributed by atoms with Gasteiger partial charge in [0, 0.05) is 17.9 Å². The summed E-state index contributed by atoms with van der Waals surface area (Å²) in [6.45, 7) is -0.0402. The highest BCUT2D eigenvalue weighted by atomic mass is 19.2. The van der Waals surface area contributed by atoms with Crippen molar-refractivity contribution in [1.29, 1.82) is 0 Å². The monoisotopic (exact) mass is 436 g/mol. The lowest BCUT2D eigenvalue weighted by molar-refractivity contribution is -0.244. The fraction of sp³-hybridized carbons (Fsp3) is 0.348. The van der Waals surface area contributed by atoms with Gasteiger partial charge < -0.3 is 19.7 Å². The first kappa shape index (κ1) is 23.0. The zero-order valence-electron chi connectivity index (χ0n) is 16.6. The van der Waals surface area contributed by atoms with E-state index in [1.54, 1.807) is 30.3 Å². The van der Waals surface area contributed by atoms with E-state index in [4.69, 9.17) is 14.6 Å². The normalized spacial score (nSPS) is 21.5. The van der Waals surface area contributed by atoms with E-state index < -0.39 is 35.8 Å². The molecule has 3 atom stereocenters. The second kappa shape index (κ2) is 10.6. The van der Waals surface area contributed by atoms with Gasteiger partial charge >= 0.3 is 5.97 Å². The first-order valence-electron chi connectivity index (χ1n) is 9.87. The van der Waals surface area contributed by atoms with E-state index >= 15 is 0 Å². The summed E-state index contributed by atoms with van der Waals surface area (Å²) in [4.78, 5) is 10.6. The Hall–Kier alpha value is -2.68. The van der Waals surface area contributed by atoms with E-state index in [1.807, 2.05) is 6.08 Å². The highest BCUT2D eigenvalue weighted by Gasteiger charge is 2.35. The number of hydrogen-bond donors (Lipinski definition) is 2. The maximum atomic E-state index is 13.7. The number of hydrogen-bond acceptors (Lipinski definition) is 4. The lowest BCUT2D eigenvalue weighted by Gasteiger charge is -2.37. The van der Waals surface area contributed by atoms with Gasteiger partial charge in [0.25, 0.3) is 0 Å². The van der Waals surface area contributed by atoms with Gasteiger partial charge in [-0.05, 0) is 36.1 Å². The number of aliphatic hydroxyl groups is 1. The van der Waals surface area contributed by atoms with Gasteiger partial charge in [0.1, 0.15) is 0 Å². The molecule has 0 spiro atoms. The van der Waals surface area contributed by atoms with Crippen LogP contribution < -0.4 is 0 Å². The topological polar surface area (TPSA) is 76.0 Å². The van der Waals surface area contributed by atoms with E-state index in [-0.39, 0.29) is 31.1 Å². The quantitative estimate of drug-likeness (QED) is 0.459. The van der Waals surface area contributed by atoms with E-state index in [1.165, 1.54) is 0 Å². The summed E-state index contributed by atoms with van der Waals surface area (Å²) in [7, 11) is 0. The van der Waals surface area contributed by atoms with Crippen molar-refractivity contribution in [1.82, 2.24) is 0 Å². The first-order valence-corrected chi connectivity index (χ1v) is 9.87. The molecule has 0 aliphatic carbocycles. The molecule has 0 bridgehead atoms. The second-order valence-electron chi connectivity index (χ2n) is 7.28. The number of benzene rings is 2. The van der Waals surface area contributed by atoms with Gasteiger partial charge in [-0.2, -0.15) is 0 Å². The Bertz CT molecular complexity index is 924. The number of allylic oxidation sites excluding steroid dienone is 2. The molecule has 1 heterocycles. The third-order valence-electron chi connectivity index (χ3n) is 5.10. The Balaban J connectivity index is 1.84. The van der Waals surface area contributed by atoms with E-state index in [0.717, 1.165) is 12.1 Å². The van der Waals surface area contributed by atoms with Crippen molar-refractivity contribution in [3.05, 3.63) is 82.7 Å². The Morgan fingerprint density at radius 3 is 2.52 bits per heavy atom. The number of aliphatic carboxylic acids is 1. The second-order valence-corrected chi connectivity index (χ2v) is 7.28. The van der Waals surface area contributed by atoms with E-state index in [9.17, 15) is 23.1 Å². The summed E-state index contributed by atoms with van der Waals surface area (Å²) < 4.78 is 52.4. The average molecular weight is 436 g/mol. The molecule has 0 aromatic heterocycles. The van der Waals surface area contributed by atoms with Crippen LogP contribution in [0.5, 0.6) is 0 Å². The first-order chi connectivity index (χ1) is 14.9. The molecule has 0 unspecified atom stereocenters. The third-order valence-corrected chi connectivity index (χ3v) is 5.10. The third kappa shape index (κ3) is 5.72. The van der Waals surface area contributed by atoms with Crippen LogP contribution in [-0.2, 0) is 20.9 Å². The molecule has 1 aliphatic rings. The smallest absolute Gasteiger partial charge is 0.303 e. The molecule has 3 rings (SSSR count). The molecular formula is C23H23F3O5. The van der Waals surface area contributed by atoms with Crippen LogP contribution >= 0.6 is 0 Å². The molecule has 1 fully saturated rings. The molecule has 0 amide bonds. The summed E-state index contributed by atoms with van der Waals surface area (Å²) in [5, 5.41) is 18.5. The van der Waals surface area contributed by atoms with Crippen molar-refractivity contribution in [2.45, 2.75) is 38.3 Å². The molecule has 1 saturated heterocycles. The number of rotatable bonds is 8. The number of halogens is 3. The minimum Gasteiger partial charge on any atom is -0.481 e. The van der Waals surface area contributed by atoms with E-state index in [0.29, 0.717) is 24.0 Å². The zero-order valence-corrected chi connectivity index (χ0v) is 16.6. The Kier molecular flexibility index (Phi) is 7.84. The Morgan fingerprint density at radius 1 is 1.13 bits per heavy atom. The van der Waals surface area contributed by atoms with Crippen LogP contribution in [0, 0.1) is 23.4 Å². The van der Waals surface area contributed by atoms with Gasteiger partial charge in [0.2, 0.25) is 0 Å². The van der Waals surface area contributed by atoms with Gasteiger partial charge in [-0.1, -0.05) is 36.4 Å². The van der Waals surface area contributed by atoms with Crippen LogP contribution in [0.2, 0.25) is 0 Å². The standard InChI is InChI=1S/C23H23F3O5/c24-18-10-16(11-19(25)21(18)26)23-30-13-15(7-2-1-3-9-20(28)29)22(31-23)17-8-5-4-6-14(17)12-27/h1-2,4-6,8,10-11,15,22-23,27H,3,7,9,12-13H2,(H,28,29)/b2-1-/t15-,22+,23+/m1/s1. The molecule has 5 nitrogen and oxygen atoms in total. The fourth-order valence-electron chi connectivity index (χ4n) is 3.54. The van der Waals surface area contributed by atoms with Crippen LogP contribution in [0.3, 0.4) is 0 Å². The van der Waals surface area contributed by atoms with Crippen LogP contribution in [0.4, 0.5) is 13.2 Å².